The number of halogens is 1. The number of nitrogens with one attached hydrogen (secondary N) is 2. The summed E-state index contributed by atoms with van der Waals surface area (Å²) in [6.07, 6.45) is 2.16. The molecule has 0 aliphatic rings. The van der Waals surface area contributed by atoms with Crippen LogP contribution in [0.15, 0.2) is 85.1 Å². The third-order valence-electron chi connectivity index (χ3n) is 5.95. The van der Waals surface area contributed by atoms with Crippen LogP contribution in [0.5, 0.6) is 0 Å². The van der Waals surface area contributed by atoms with Crippen LogP contribution in [0, 0.1) is 5.82 Å². The van der Waals surface area contributed by atoms with Gasteiger partial charge in [0.1, 0.15) is 23.2 Å². The van der Waals surface area contributed by atoms with Crippen molar-refractivity contribution in [3.05, 3.63) is 108 Å². The number of aromatic nitrogens is 4. The predicted octanol–water partition coefficient (Wildman–Crippen LogP) is 4.40. The molecule has 1 atom stereocenters. The SMILES string of the molecule is O=C(O)[C@H](Cc1c[nH]c2ccccc12)NCc1nn(Cc2ccccc2F)nc1-c1ccccc1. The average molecular weight is 470 g/mol. The lowest BCUT2D eigenvalue weighted by atomic mass is 10.0. The van der Waals surface area contributed by atoms with Crippen molar-refractivity contribution in [2.75, 3.05) is 0 Å². The van der Waals surface area contributed by atoms with E-state index in [2.05, 4.69) is 20.5 Å². The molecular weight excluding hydrogens is 445 g/mol. The molecule has 7 nitrogen and oxygen atoms in total. The molecule has 5 aromatic rings. The summed E-state index contributed by atoms with van der Waals surface area (Å²) in [6.45, 7) is 0.366. The zero-order chi connectivity index (χ0) is 24.2. The molecule has 3 aromatic carbocycles. The fourth-order valence-electron chi connectivity index (χ4n) is 4.16. The number of hydrogen-bond acceptors (Lipinski definition) is 4. The molecule has 8 heteroatoms. The molecule has 0 spiro atoms. The second kappa shape index (κ2) is 9.90. The van der Waals surface area contributed by atoms with Gasteiger partial charge in [-0.05, 0) is 17.7 Å². The predicted molar refractivity (Wildman–Crippen MR) is 131 cm³/mol. The van der Waals surface area contributed by atoms with Crippen molar-refractivity contribution in [2.45, 2.75) is 25.6 Å². The van der Waals surface area contributed by atoms with Crippen LogP contribution in [0.1, 0.15) is 16.8 Å². The molecule has 0 fully saturated rings. The summed E-state index contributed by atoms with van der Waals surface area (Å²) in [6, 6.07) is 23.0. The van der Waals surface area contributed by atoms with Crippen LogP contribution in [0.3, 0.4) is 0 Å². The largest absolute Gasteiger partial charge is 0.480 e. The number of nitrogens with zero attached hydrogens (tertiary/aromatic N) is 3. The molecule has 2 heterocycles. The third kappa shape index (κ3) is 4.97. The Morgan fingerprint density at radius 2 is 1.71 bits per heavy atom. The average Bonchev–Trinajstić information content (AvgIpc) is 3.47. The molecule has 0 unspecified atom stereocenters. The third-order valence-corrected chi connectivity index (χ3v) is 5.95. The van der Waals surface area contributed by atoms with Crippen molar-refractivity contribution < 1.29 is 14.3 Å². The van der Waals surface area contributed by atoms with Gasteiger partial charge in [0.15, 0.2) is 0 Å². The summed E-state index contributed by atoms with van der Waals surface area (Å²) < 4.78 is 14.2. The second-order valence-electron chi connectivity index (χ2n) is 8.32. The van der Waals surface area contributed by atoms with Crippen LogP contribution in [0.25, 0.3) is 22.2 Å². The maximum Gasteiger partial charge on any atom is 0.321 e. The lowest BCUT2D eigenvalue weighted by Crippen LogP contribution is -2.38. The number of benzene rings is 3. The monoisotopic (exact) mass is 469 g/mol. The Labute approximate surface area is 201 Å². The number of rotatable bonds is 9. The first-order valence-corrected chi connectivity index (χ1v) is 11.3. The maximum atomic E-state index is 14.2. The van der Waals surface area contributed by atoms with Gasteiger partial charge in [-0.2, -0.15) is 15.0 Å². The molecule has 0 saturated heterocycles. The summed E-state index contributed by atoms with van der Waals surface area (Å²) >= 11 is 0. The minimum atomic E-state index is -0.949. The van der Waals surface area contributed by atoms with E-state index < -0.39 is 12.0 Å². The van der Waals surface area contributed by atoms with Crippen LogP contribution in [-0.2, 0) is 24.3 Å². The lowest BCUT2D eigenvalue weighted by molar-refractivity contribution is -0.139. The van der Waals surface area contributed by atoms with Gasteiger partial charge in [-0.1, -0.05) is 66.7 Å². The first kappa shape index (κ1) is 22.5. The normalized spacial score (nSPS) is 12.1. The summed E-state index contributed by atoms with van der Waals surface area (Å²) in [7, 11) is 0. The molecule has 176 valence electrons. The molecular formula is C27H24FN5O2. The van der Waals surface area contributed by atoms with Crippen molar-refractivity contribution in [1.82, 2.24) is 25.3 Å². The summed E-state index contributed by atoms with van der Waals surface area (Å²) in [5.41, 5.74) is 4.45. The highest BCUT2D eigenvalue weighted by atomic mass is 19.1. The summed E-state index contributed by atoms with van der Waals surface area (Å²) in [4.78, 5) is 16.7. The number of carbonyl (C=O) groups is 1. The summed E-state index contributed by atoms with van der Waals surface area (Å²) in [5.74, 6) is -1.27. The molecule has 5 rings (SSSR count). The number of carboxylic acid groups (broad SMARTS) is 1. The van der Waals surface area contributed by atoms with Gasteiger partial charge in [0.05, 0.1) is 6.54 Å². The smallest absolute Gasteiger partial charge is 0.321 e. The van der Waals surface area contributed by atoms with Crippen molar-refractivity contribution >= 4 is 16.9 Å². The Bertz CT molecular complexity index is 1460. The van der Waals surface area contributed by atoms with Gasteiger partial charge in [-0.25, -0.2) is 4.39 Å². The van der Waals surface area contributed by atoms with E-state index in [1.165, 1.54) is 10.9 Å². The number of fused-ring (bicyclic) bond motifs is 1. The van der Waals surface area contributed by atoms with Gasteiger partial charge in [0.25, 0.3) is 0 Å². The van der Waals surface area contributed by atoms with E-state index in [9.17, 15) is 14.3 Å². The van der Waals surface area contributed by atoms with Gasteiger partial charge in [-0.15, -0.1) is 0 Å². The number of aliphatic carboxylic acids is 1. The fraction of sp³-hybridized carbons (Fsp3) is 0.148. The lowest BCUT2D eigenvalue weighted by Gasteiger charge is -2.13. The fourth-order valence-corrected chi connectivity index (χ4v) is 4.16. The number of para-hydroxylation sites is 1. The molecule has 0 aliphatic carbocycles. The van der Waals surface area contributed by atoms with Crippen molar-refractivity contribution in [2.24, 2.45) is 0 Å². The first-order chi connectivity index (χ1) is 17.1. The standard InChI is InChI=1S/C27H24FN5O2/c28-22-12-6-4-10-19(22)17-33-31-25(26(32-33)18-8-2-1-3-9-18)16-30-24(27(34)35)14-20-15-29-23-13-7-5-11-21(20)23/h1-13,15,24,29-30H,14,16-17H2,(H,34,35)/t24-/m0/s1. The molecule has 0 amide bonds. The molecule has 0 radical (unpaired) electrons. The van der Waals surface area contributed by atoms with E-state index in [1.54, 1.807) is 18.2 Å². The van der Waals surface area contributed by atoms with Crippen molar-refractivity contribution in [1.29, 1.82) is 0 Å². The van der Waals surface area contributed by atoms with Gasteiger partial charge in [0.2, 0.25) is 0 Å². The van der Waals surface area contributed by atoms with Gasteiger partial charge in [-0.3, -0.25) is 10.1 Å². The number of H-pyrrole nitrogens is 1. The molecule has 0 aliphatic heterocycles. The van der Waals surface area contributed by atoms with Gasteiger partial charge >= 0.3 is 5.97 Å². The summed E-state index contributed by atoms with van der Waals surface area (Å²) in [5, 5.41) is 23.2. The molecule has 3 N–H and O–H groups in total. The van der Waals surface area contributed by atoms with E-state index in [1.807, 2.05) is 60.8 Å². The Morgan fingerprint density at radius 1 is 0.971 bits per heavy atom. The molecule has 0 saturated carbocycles. The van der Waals surface area contributed by atoms with Crippen LogP contribution < -0.4 is 5.32 Å². The number of carboxylic acids is 1. The number of hydrogen-bond donors (Lipinski definition) is 3. The van der Waals surface area contributed by atoms with Crippen LogP contribution in [0.2, 0.25) is 0 Å². The minimum absolute atomic E-state index is 0.171. The Kier molecular flexibility index (Phi) is 6.36. The highest BCUT2D eigenvalue weighted by Gasteiger charge is 2.22. The van der Waals surface area contributed by atoms with E-state index >= 15 is 0 Å². The maximum absolute atomic E-state index is 14.2. The molecule has 35 heavy (non-hydrogen) atoms. The van der Waals surface area contributed by atoms with E-state index in [0.717, 1.165) is 22.0 Å². The minimum Gasteiger partial charge on any atom is -0.480 e. The van der Waals surface area contributed by atoms with E-state index in [-0.39, 0.29) is 18.9 Å². The van der Waals surface area contributed by atoms with Crippen LogP contribution >= 0.6 is 0 Å². The van der Waals surface area contributed by atoms with Crippen molar-refractivity contribution in [3.8, 4) is 11.3 Å². The van der Waals surface area contributed by atoms with Gasteiger partial charge in [0, 0.05) is 41.2 Å². The Balaban J connectivity index is 1.40. The molecule has 0 bridgehead atoms. The first-order valence-electron chi connectivity index (χ1n) is 11.3. The van der Waals surface area contributed by atoms with Gasteiger partial charge < -0.3 is 10.1 Å². The van der Waals surface area contributed by atoms with E-state index in [4.69, 9.17) is 0 Å². The zero-order valence-corrected chi connectivity index (χ0v) is 18.9. The van der Waals surface area contributed by atoms with Crippen molar-refractivity contribution in [3.63, 3.8) is 0 Å². The second-order valence-corrected chi connectivity index (χ2v) is 8.32. The zero-order valence-electron chi connectivity index (χ0n) is 18.9. The number of aromatic amines is 1. The quantitative estimate of drug-likeness (QED) is 0.297. The Morgan fingerprint density at radius 3 is 2.51 bits per heavy atom. The van der Waals surface area contributed by atoms with Crippen LogP contribution in [-0.4, -0.2) is 37.1 Å². The molecule has 2 aromatic heterocycles. The highest BCUT2D eigenvalue weighted by molar-refractivity contribution is 5.84. The topological polar surface area (TPSA) is 95.8 Å². The van der Waals surface area contributed by atoms with Crippen LogP contribution in [0.4, 0.5) is 4.39 Å². The Hall–Kier alpha value is -4.30. The highest BCUT2D eigenvalue weighted by Crippen LogP contribution is 2.22. The van der Waals surface area contributed by atoms with E-state index in [0.29, 0.717) is 23.4 Å².